The van der Waals surface area contributed by atoms with E-state index in [0.29, 0.717) is 6.42 Å². The SMILES string of the molecule is CCC(CC)C1NC(=O)N([C@@H](C)C[C@]2(C)C[C@@H](Oc3ncccc3C(N)=O)C2)C1=O. The quantitative estimate of drug-likeness (QED) is 0.601. The molecule has 0 spiro atoms. The molecule has 3 N–H and O–H groups in total. The summed E-state index contributed by atoms with van der Waals surface area (Å²) in [5, 5.41) is 2.88. The predicted octanol–water partition coefficient (Wildman–Crippen LogP) is 2.86. The molecule has 1 saturated carbocycles. The first-order chi connectivity index (χ1) is 14.2. The average molecular weight is 417 g/mol. The second-order valence-corrected chi connectivity index (χ2v) is 8.94. The van der Waals surface area contributed by atoms with Crippen molar-refractivity contribution in [3.8, 4) is 5.88 Å². The predicted molar refractivity (Wildman–Crippen MR) is 112 cm³/mol. The molecular weight excluding hydrogens is 384 g/mol. The molecule has 2 aliphatic rings. The molecule has 1 unspecified atom stereocenters. The van der Waals surface area contributed by atoms with E-state index in [4.69, 9.17) is 10.5 Å². The molecule has 0 aromatic carbocycles. The number of pyridine rings is 1. The minimum absolute atomic E-state index is 0.0562. The van der Waals surface area contributed by atoms with Gasteiger partial charge in [-0.05, 0) is 49.7 Å². The molecule has 0 bridgehead atoms. The number of nitrogens with two attached hydrogens (primary N) is 1. The van der Waals surface area contributed by atoms with Crippen molar-refractivity contribution in [2.75, 3.05) is 0 Å². The number of amides is 4. The van der Waals surface area contributed by atoms with Crippen molar-refractivity contribution >= 4 is 17.8 Å². The van der Waals surface area contributed by atoms with Crippen molar-refractivity contribution in [3.05, 3.63) is 23.9 Å². The molecule has 2 atom stereocenters. The normalized spacial score (nSPS) is 27.0. The van der Waals surface area contributed by atoms with Crippen molar-refractivity contribution in [3.63, 3.8) is 0 Å². The van der Waals surface area contributed by atoms with Crippen LogP contribution < -0.4 is 15.8 Å². The van der Waals surface area contributed by atoms with Gasteiger partial charge in [0.25, 0.3) is 11.8 Å². The maximum absolute atomic E-state index is 12.9. The first-order valence-corrected chi connectivity index (χ1v) is 10.7. The molecule has 8 heteroatoms. The molecule has 4 amide bonds. The van der Waals surface area contributed by atoms with Crippen LogP contribution in [0.1, 0.15) is 70.2 Å². The third kappa shape index (κ3) is 4.27. The Hall–Kier alpha value is -2.64. The Balaban J connectivity index is 1.58. The molecule has 1 aliphatic carbocycles. The highest BCUT2D eigenvalue weighted by atomic mass is 16.5. The average Bonchev–Trinajstić information content (AvgIpc) is 2.96. The minimum Gasteiger partial charge on any atom is -0.474 e. The number of carbonyl (C=O) groups excluding carboxylic acids is 3. The Labute approximate surface area is 177 Å². The molecule has 2 fully saturated rings. The summed E-state index contributed by atoms with van der Waals surface area (Å²) in [6, 6.07) is 2.33. The van der Waals surface area contributed by atoms with Gasteiger partial charge in [-0.3, -0.25) is 14.5 Å². The van der Waals surface area contributed by atoms with Gasteiger partial charge in [0.15, 0.2) is 0 Å². The number of rotatable bonds is 9. The van der Waals surface area contributed by atoms with Gasteiger partial charge in [-0.1, -0.05) is 33.6 Å². The van der Waals surface area contributed by atoms with Crippen molar-refractivity contribution in [1.29, 1.82) is 0 Å². The first kappa shape index (κ1) is 22.1. The van der Waals surface area contributed by atoms with Crippen LogP contribution in [0, 0.1) is 11.3 Å². The van der Waals surface area contributed by atoms with Crippen molar-refractivity contribution in [2.45, 2.75) is 78.0 Å². The lowest BCUT2D eigenvalue weighted by Crippen LogP contribution is -2.48. The van der Waals surface area contributed by atoms with Gasteiger partial charge < -0.3 is 15.8 Å². The van der Waals surface area contributed by atoms with Crippen LogP contribution in [0.3, 0.4) is 0 Å². The highest BCUT2D eigenvalue weighted by molar-refractivity contribution is 6.04. The van der Waals surface area contributed by atoms with Crippen molar-refractivity contribution in [1.82, 2.24) is 15.2 Å². The third-order valence-electron chi connectivity index (χ3n) is 6.51. The molecule has 3 rings (SSSR count). The molecule has 1 aromatic rings. The van der Waals surface area contributed by atoms with Gasteiger partial charge in [-0.2, -0.15) is 0 Å². The van der Waals surface area contributed by atoms with Crippen LogP contribution in [0.25, 0.3) is 0 Å². The summed E-state index contributed by atoms with van der Waals surface area (Å²) in [5.41, 5.74) is 5.60. The third-order valence-corrected chi connectivity index (χ3v) is 6.51. The highest BCUT2D eigenvalue weighted by Gasteiger charge is 2.48. The topological polar surface area (TPSA) is 115 Å². The number of hydrogen-bond donors (Lipinski definition) is 2. The zero-order chi connectivity index (χ0) is 22.1. The minimum atomic E-state index is -0.570. The van der Waals surface area contributed by atoms with Gasteiger partial charge in [-0.25, -0.2) is 9.78 Å². The van der Waals surface area contributed by atoms with Crippen molar-refractivity contribution in [2.24, 2.45) is 17.1 Å². The molecule has 0 radical (unpaired) electrons. The number of nitrogens with zero attached hydrogens (tertiary/aromatic N) is 2. The van der Waals surface area contributed by atoms with Crippen LogP contribution in [0.15, 0.2) is 18.3 Å². The number of imide groups is 1. The lowest BCUT2D eigenvalue weighted by Gasteiger charge is -2.46. The summed E-state index contributed by atoms with van der Waals surface area (Å²) in [4.78, 5) is 42.4. The zero-order valence-corrected chi connectivity index (χ0v) is 18.2. The number of hydrogen-bond acceptors (Lipinski definition) is 5. The fourth-order valence-electron chi connectivity index (χ4n) is 4.94. The molecule has 8 nitrogen and oxygen atoms in total. The van der Waals surface area contributed by atoms with Gasteiger partial charge in [0.2, 0.25) is 5.88 Å². The van der Waals surface area contributed by atoms with Crippen LogP contribution >= 0.6 is 0 Å². The second kappa shape index (κ2) is 8.62. The summed E-state index contributed by atoms with van der Waals surface area (Å²) in [6.45, 7) is 8.14. The number of ether oxygens (including phenoxy) is 1. The number of nitrogens with one attached hydrogen (secondary N) is 1. The maximum Gasteiger partial charge on any atom is 0.325 e. The van der Waals surface area contributed by atoms with Crippen LogP contribution in [-0.2, 0) is 4.79 Å². The Bertz CT molecular complexity index is 817. The van der Waals surface area contributed by atoms with Gasteiger partial charge >= 0.3 is 6.03 Å². The van der Waals surface area contributed by atoms with Crippen LogP contribution in [0.5, 0.6) is 5.88 Å². The summed E-state index contributed by atoms with van der Waals surface area (Å²) in [6.07, 6.45) is 5.41. The standard InChI is InChI=1S/C22H32N4O4/c1-5-14(6-2)17-20(28)26(21(29)25-17)13(3)10-22(4)11-15(12-22)30-19-16(18(23)27)8-7-9-24-19/h7-9,13-15,17H,5-6,10-12H2,1-4H3,(H2,23,27)(H,25,29)/t13-,15-,17?,22-/m0/s1. The largest absolute Gasteiger partial charge is 0.474 e. The zero-order valence-electron chi connectivity index (χ0n) is 18.2. The Morgan fingerprint density at radius 2 is 2.03 bits per heavy atom. The number of primary amides is 1. The van der Waals surface area contributed by atoms with E-state index in [1.807, 2.05) is 20.8 Å². The smallest absolute Gasteiger partial charge is 0.325 e. The molecule has 1 aliphatic heterocycles. The molecule has 1 aromatic heterocycles. The van der Waals surface area contributed by atoms with E-state index in [1.165, 1.54) is 4.90 Å². The van der Waals surface area contributed by atoms with Crippen LogP contribution in [0.2, 0.25) is 0 Å². The van der Waals surface area contributed by atoms with Crippen LogP contribution in [0.4, 0.5) is 4.79 Å². The van der Waals surface area contributed by atoms with E-state index in [0.717, 1.165) is 25.7 Å². The Morgan fingerprint density at radius 3 is 2.63 bits per heavy atom. The fraction of sp³-hybridized carbons (Fsp3) is 0.636. The monoisotopic (exact) mass is 416 g/mol. The van der Waals surface area contributed by atoms with Gasteiger partial charge in [0, 0.05) is 12.2 Å². The second-order valence-electron chi connectivity index (χ2n) is 8.94. The van der Waals surface area contributed by atoms with E-state index < -0.39 is 11.9 Å². The Kier molecular flexibility index (Phi) is 6.33. The van der Waals surface area contributed by atoms with E-state index in [9.17, 15) is 14.4 Å². The van der Waals surface area contributed by atoms with E-state index in [1.54, 1.807) is 18.3 Å². The molecule has 1 saturated heterocycles. The highest BCUT2D eigenvalue weighted by Crippen LogP contribution is 2.47. The number of aromatic nitrogens is 1. The van der Waals surface area contributed by atoms with Gasteiger partial charge in [0.1, 0.15) is 17.7 Å². The van der Waals surface area contributed by atoms with Crippen molar-refractivity contribution < 1.29 is 19.1 Å². The number of carbonyl (C=O) groups is 3. The summed E-state index contributed by atoms with van der Waals surface area (Å²) < 4.78 is 5.89. The first-order valence-electron chi connectivity index (χ1n) is 10.7. The van der Waals surface area contributed by atoms with E-state index in [2.05, 4.69) is 17.2 Å². The van der Waals surface area contributed by atoms with E-state index >= 15 is 0 Å². The van der Waals surface area contributed by atoms with Crippen LogP contribution in [-0.4, -0.2) is 45.9 Å². The fourth-order valence-corrected chi connectivity index (χ4v) is 4.94. The molecular formula is C22H32N4O4. The molecule has 2 heterocycles. The molecule has 164 valence electrons. The maximum atomic E-state index is 12.9. The molecule has 30 heavy (non-hydrogen) atoms. The van der Waals surface area contributed by atoms with E-state index in [-0.39, 0.29) is 46.9 Å². The number of urea groups is 1. The lowest BCUT2D eigenvalue weighted by atomic mass is 9.65. The summed E-state index contributed by atoms with van der Waals surface area (Å²) in [7, 11) is 0. The Morgan fingerprint density at radius 1 is 1.37 bits per heavy atom. The van der Waals surface area contributed by atoms with Gasteiger partial charge in [-0.15, -0.1) is 0 Å². The summed E-state index contributed by atoms with van der Waals surface area (Å²) in [5.74, 6) is -0.267. The lowest BCUT2D eigenvalue weighted by molar-refractivity contribution is -0.131. The summed E-state index contributed by atoms with van der Waals surface area (Å²) >= 11 is 0. The van der Waals surface area contributed by atoms with Gasteiger partial charge in [0.05, 0.1) is 0 Å².